The zero-order chi connectivity index (χ0) is 26.0. The molecule has 0 saturated carbocycles. The molecule has 0 aromatic heterocycles. The highest BCUT2D eigenvalue weighted by atomic mass is 16.5. The maximum absolute atomic E-state index is 13.4. The van der Waals surface area contributed by atoms with Crippen LogP contribution in [0.15, 0.2) is 72.3 Å². The normalized spacial score (nSPS) is 17.1. The lowest BCUT2D eigenvalue weighted by atomic mass is 9.94. The van der Waals surface area contributed by atoms with E-state index in [1.807, 2.05) is 71.0 Å². The Labute approximate surface area is 211 Å². The predicted molar refractivity (Wildman–Crippen MR) is 141 cm³/mol. The van der Waals surface area contributed by atoms with Gasteiger partial charge in [0.15, 0.2) is 0 Å². The third kappa shape index (κ3) is 4.85. The van der Waals surface area contributed by atoms with Gasteiger partial charge in [0, 0.05) is 11.3 Å². The van der Waals surface area contributed by atoms with Crippen LogP contribution in [0.3, 0.4) is 0 Å². The Kier molecular flexibility index (Phi) is 7.15. The van der Waals surface area contributed by atoms with Crippen LogP contribution in [-0.4, -0.2) is 29.5 Å². The molecular weight excluding hydrogens is 454 g/mol. The van der Waals surface area contributed by atoms with Gasteiger partial charge in [-0.1, -0.05) is 24.3 Å². The molecule has 1 aliphatic rings. The van der Waals surface area contributed by atoms with Gasteiger partial charge in [0.05, 0.1) is 24.3 Å². The molecule has 1 atom stereocenters. The molecule has 0 spiro atoms. The molecule has 0 bridgehead atoms. The highest BCUT2D eigenvalue weighted by Crippen LogP contribution is 2.43. The molecule has 1 aliphatic heterocycles. The van der Waals surface area contributed by atoms with E-state index in [1.54, 1.807) is 30.3 Å². The number of Topliss-reactive ketones (excluding diaryl/α,β-unsaturated/α-hetero) is 1. The Balaban J connectivity index is 1.90. The van der Waals surface area contributed by atoms with Gasteiger partial charge >= 0.3 is 0 Å². The molecule has 0 aliphatic carbocycles. The van der Waals surface area contributed by atoms with Crippen LogP contribution in [-0.2, 0) is 9.59 Å². The zero-order valence-electron chi connectivity index (χ0n) is 21.2. The van der Waals surface area contributed by atoms with Crippen LogP contribution in [0.2, 0.25) is 0 Å². The van der Waals surface area contributed by atoms with Gasteiger partial charge in [-0.05, 0) is 93.8 Å². The van der Waals surface area contributed by atoms with E-state index in [0.29, 0.717) is 34.9 Å². The molecule has 1 heterocycles. The molecule has 1 N–H and O–H groups in total. The first kappa shape index (κ1) is 25.0. The quantitative estimate of drug-likeness (QED) is 0.248. The lowest BCUT2D eigenvalue weighted by Gasteiger charge is -2.26. The van der Waals surface area contributed by atoms with E-state index >= 15 is 0 Å². The van der Waals surface area contributed by atoms with E-state index < -0.39 is 17.7 Å². The van der Waals surface area contributed by atoms with E-state index in [-0.39, 0.29) is 17.4 Å². The van der Waals surface area contributed by atoms with E-state index in [4.69, 9.17) is 9.47 Å². The summed E-state index contributed by atoms with van der Waals surface area (Å²) in [7, 11) is 0. The molecule has 3 aromatic carbocycles. The Morgan fingerprint density at radius 2 is 1.67 bits per heavy atom. The number of rotatable bonds is 7. The number of carbonyl (C=O) groups excluding carboxylic acids is 2. The molecule has 1 amide bonds. The molecule has 0 radical (unpaired) electrons. The molecule has 6 heteroatoms. The Hall–Kier alpha value is -4.06. The van der Waals surface area contributed by atoms with Crippen LogP contribution < -0.4 is 14.4 Å². The molecule has 36 heavy (non-hydrogen) atoms. The van der Waals surface area contributed by atoms with Crippen molar-refractivity contribution in [2.45, 2.75) is 46.8 Å². The van der Waals surface area contributed by atoms with E-state index in [0.717, 1.165) is 11.1 Å². The van der Waals surface area contributed by atoms with Crippen LogP contribution in [0.25, 0.3) is 5.76 Å². The van der Waals surface area contributed by atoms with Gasteiger partial charge in [-0.15, -0.1) is 0 Å². The van der Waals surface area contributed by atoms with Gasteiger partial charge in [-0.2, -0.15) is 0 Å². The summed E-state index contributed by atoms with van der Waals surface area (Å²) in [6.07, 6.45) is -0.0479. The molecule has 6 nitrogen and oxygen atoms in total. The van der Waals surface area contributed by atoms with Crippen molar-refractivity contribution in [3.05, 3.63) is 94.6 Å². The van der Waals surface area contributed by atoms with Gasteiger partial charge in [0.1, 0.15) is 17.3 Å². The first-order chi connectivity index (χ1) is 17.2. The number of aliphatic hydroxyl groups excluding tert-OH is 1. The fourth-order valence-corrected chi connectivity index (χ4v) is 4.36. The van der Waals surface area contributed by atoms with Gasteiger partial charge < -0.3 is 14.6 Å². The molecule has 1 saturated heterocycles. The molecule has 1 fully saturated rings. The topological polar surface area (TPSA) is 76.1 Å². The van der Waals surface area contributed by atoms with E-state index in [9.17, 15) is 14.7 Å². The minimum Gasteiger partial charge on any atom is -0.507 e. The maximum Gasteiger partial charge on any atom is 0.300 e. The number of aryl methyl sites for hydroxylation is 2. The smallest absolute Gasteiger partial charge is 0.300 e. The fourth-order valence-electron chi connectivity index (χ4n) is 4.36. The number of hydrogen-bond acceptors (Lipinski definition) is 5. The van der Waals surface area contributed by atoms with Crippen molar-refractivity contribution in [3.8, 4) is 11.5 Å². The van der Waals surface area contributed by atoms with Crippen LogP contribution in [0.1, 0.15) is 49.1 Å². The van der Waals surface area contributed by atoms with Crippen LogP contribution in [0, 0.1) is 13.8 Å². The summed E-state index contributed by atoms with van der Waals surface area (Å²) in [5.41, 5.74) is 3.76. The van der Waals surface area contributed by atoms with Crippen molar-refractivity contribution in [2.24, 2.45) is 0 Å². The van der Waals surface area contributed by atoms with Crippen LogP contribution >= 0.6 is 0 Å². The third-order valence-electron chi connectivity index (χ3n) is 6.20. The summed E-state index contributed by atoms with van der Waals surface area (Å²) < 4.78 is 11.4. The second-order valence-electron chi connectivity index (χ2n) is 9.13. The second kappa shape index (κ2) is 10.3. The van der Waals surface area contributed by atoms with Crippen molar-refractivity contribution in [1.82, 2.24) is 0 Å². The minimum absolute atomic E-state index is 0.0406. The molecule has 4 rings (SSSR count). The summed E-state index contributed by atoms with van der Waals surface area (Å²) in [6, 6.07) is 18.9. The predicted octanol–water partition coefficient (Wildman–Crippen LogP) is 6.12. The van der Waals surface area contributed by atoms with Crippen molar-refractivity contribution in [2.75, 3.05) is 11.5 Å². The van der Waals surface area contributed by atoms with Gasteiger partial charge in [0.25, 0.3) is 11.7 Å². The van der Waals surface area contributed by atoms with Gasteiger partial charge in [-0.3, -0.25) is 14.5 Å². The SMILES string of the molecule is CCOc1ccc(N2C(=O)C(=O)/C(=C(\O)c3ccc(C)c(C)c3)C2c2cccc(OC(C)C)c2)cc1. The average Bonchev–Trinajstić information content (AvgIpc) is 3.11. The number of aliphatic hydroxyl groups is 1. The largest absolute Gasteiger partial charge is 0.507 e. The Morgan fingerprint density at radius 1 is 0.944 bits per heavy atom. The van der Waals surface area contributed by atoms with Crippen molar-refractivity contribution >= 4 is 23.1 Å². The standard InChI is InChI=1S/C30H31NO5/c1-6-35-24-14-12-23(13-15-24)31-27(21-8-7-9-25(17-21)36-18(2)3)26(29(33)30(31)34)28(32)22-11-10-19(4)20(5)16-22/h7-18,27,32H,6H2,1-5H3/b28-26-. The number of ether oxygens (including phenoxy) is 2. The summed E-state index contributed by atoms with van der Waals surface area (Å²) in [4.78, 5) is 28.2. The monoisotopic (exact) mass is 485 g/mol. The Morgan fingerprint density at radius 3 is 2.31 bits per heavy atom. The van der Waals surface area contributed by atoms with Crippen molar-refractivity contribution in [1.29, 1.82) is 0 Å². The minimum atomic E-state index is -0.833. The zero-order valence-corrected chi connectivity index (χ0v) is 21.2. The molecular formula is C30H31NO5. The molecule has 186 valence electrons. The number of hydrogen-bond donors (Lipinski definition) is 1. The fraction of sp³-hybridized carbons (Fsp3) is 0.267. The number of nitrogens with zero attached hydrogens (tertiary/aromatic N) is 1. The highest BCUT2D eigenvalue weighted by molar-refractivity contribution is 6.51. The lowest BCUT2D eigenvalue weighted by Crippen LogP contribution is -2.29. The third-order valence-corrected chi connectivity index (χ3v) is 6.20. The number of benzene rings is 3. The van der Waals surface area contributed by atoms with E-state index in [2.05, 4.69) is 0 Å². The van der Waals surface area contributed by atoms with Gasteiger partial charge in [-0.25, -0.2) is 0 Å². The summed E-state index contributed by atoms with van der Waals surface area (Å²) >= 11 is 0. The first-order valence-corrected chi connectivity index (χ1v) is 12.1. The highest BCUT2D eigenvalue weighted by Gasteiger charge is 2.47. The lowest BCUT2D eigenvalue weighted by molar-refractivity contribution is -0.132. The van der Waals surface area contributed by atoms with Gasteiger partial charge in [0.2, 0.25) is 0 Å². The van der Waals surface area contributed by atoms with Crippen molar-refractivity contribution < 1.29 is 24.2 Å². The van der Waals surface area contributed by atoms with Crippen LogP contribution in [0.5, 0.6) is 11.5 Å². The number of amides is 1. The van der Waals surface area contributed by atoms with Crippen LogP contribution in [0.4, 0.5) is 5.69 Å². The number of ketones is 1. The first-order valence-electron chi connectivity index (χ1n) is 12.1. The molecule has 1 unspecified atom stereocenters. The number of carbonyl (C=O) groups is 2. The average molecular weight is 486 g/mol. The second-order valence-corrected chi connectivity index (χ2v) is 9.13. The number of anilines is 1. The van der Waals surface area contributed by atoms with Crippen molar-refractivity contribution in [3.63, 3.8) is 0 Å². The summed E-state index contributed by atoms with van der Waals surface area (Å²) in [6.45, 7) is 10.2. The molecule has 3 aromatic rings. The summed E-state index contributed by atoms with van der Waals surface area (Å²) in [5.74, 6) is -0.364. The summed E-state index contributed by atoms with van der Waals surface area (Å²) in [5, 5.41) is 11.4. The maximum atomic E-state index is 13.4. The Bertz CT molecular complexity index is 1320. The van der Waals surface area contributed by atoms with E-state index in [1.165, 1.54) is 4.90 Å².